The van der Waals surface area contributed by atoms with Gasteiger partial charge in [-0.2, -0.15) is 0 Å². The Hall–Kier alpha value is -6.27. The molecule has 3 heterocycles. The van der Waals surface area contributed by atoms with Crippen molar-refractivity contribution in [3.8, 4) is 43.5 Å². The minimum absolute atomic E-state index is 0.635. The van der Waals surface area contributed by atoms with Crippen molar-refractivity contribution >= 4 is 71.0 Å². The number of benzene rings is 7. The fourth-order valence-corrected chi connectivity index (χ4v) is 8.99. The fourth-order valence-electron chi connectivity index (χ4n) is 6.86. The molecule has 0 atom stereocenters. The summed E-state index contributed by atoms with van der Waals surface area (Å²) in [7, 11) is 0. The Balaban J connectivity index is 1.00. The number of thiophene rings is 2. The second-order valence-corrected chi connectivity index (χ2v) is 15.0. The van der Waals surface area contributed by atoms with Crippen LogP contribution in [-0.4, -0.2) is 4.98 Å². The third-order valence-corrected chi connectivity index (χ3v) is 11.9. The van der Waals surface area contributed by atoms with Gasteiger partial charge in [-0.05, 0) is 118 Å². The molecular weight excluding hydrogens is 673 g/mol. The first-order valence-electron chi connectivity index (χ1n) is 17.3. The number of fused-ring (bicyclic) bond motifs is 3. The first kappa shape index (κ1) is 30.5. The summed E-state index contributed by atoms with van der Waals surface area (Å²) >= 11 is 3.67. The van der Waals surface area contributed by atoms with Gasteiger partial charge in [0.2, 0.25) is 5.89 Å². The Kier molecular flexibility index (Phi) is 7.52. The summed E-state index contributed by atoms with van der Waals surface area (Å²) in [6.45, 7) is 0. The van der Waals surface area contributed by atoms with Crippen LogP contribution in [0.2, 0.25) is 0 Å². The zero-order valence-corrected chi connectivity index (χ0v) is 29.6. The number of aromatic nitrogens is 1. The first-order chi connectivity index (χ1) is 25.7. The van der Waals surface area contributed by atoms with Crippen LogP contribution in [0.1, 0.15) is 0 Å². The molecule has 0 fully saturated rings. The van der Waals surface area contributed by atoms with E-state index in [2.05, 4.69) is 150 Å². The summed E-state index contributed by atoms with van der Waals surface area (Å²) in [5, 5.41) is 2.57. The molecule has 0 aliphatic carbocycles. The van der Waals surface area contributed by atoms with Gasteiger partial charge in [0.25, 0.3) is 0 Å². The van der Waals surface area contributed by atoms with E-state index in [1.54, 1.807) is 0 Å². The Morgan fingerprint density at radius 2 is 0.885 bits per heavy atom. The van der Waals surface area contributed by atoms with E-state index in [-0.39, 0.29) is 0 Å². The van der Waals surface area contributed by atoms with Crippen LogP contribution in [0, 0.1) is 0 Å². The van der Waals surface area contributed by atoms with Gasteiger partial charge >= 0.3 is 0 Å². The van der Waals surface area contributed by atoms with Crippen LogP contribution in [0.4, 0.5) is 17.1 Å². The highest BCUT2D eigenvalue weighted by molar-refractivity contribution is 7.22. The van der Waals surface area contributed by atoms with Crippen LogP contribution in [0.15, 0.2) is 186 Å². The molecule has 0 saturated carbocycles. The molecule has 10 aromatic rings. The number of oxazole rings is 1. The molecule has 246 valence electrons. The van der Waals surface area contributed by atoms with Crippen molar-refractivity contribution in [2.45, 2.75) is 0 Å². The van der Waals surface area contributed by atoms with Crippen molar-refractivity contribution in [1.82, 2.24) is 4.98 Å². The first-order valence-corrected chi connectivity index (χ1v) is 18.9. The molecule has 0 aliphatic rings. The zero-order valence-electron chi connectivity index (χ0n) is 27.9. The normalized spacial score (nSPS) is 11.5. The Morgan fingerprint density at radius 3 is 1.42 bits per heavy atom. The standard InChI is InChI=1S/C47H30N2OS2/c1-2-8-34(9-3-1)47-48-41-27-20-35(28-42(41)50-47)31-14-21-38(22-15-31)49(39-23-16-32(17-24-39)45-29-36-10-4-6-12-43(36)51-45)40-25-18-33(19-26-40)46-30-37-11-5-7-13-44(37)52-46/h1-30H. The van der Waals surface area contributed by atoms with Gasteiger partial charge in [-0.1, -0.05) is 97.1 Å². The monoisotopic (exact) mass is 702 g/mol. The third-order valence-electron chi connectivity index (χ3n) is 9.54. The topological polar surface area (TPSA) is 29.3 Å². The molecule has 0 bridgehead atoms. The molecule has 7 aromatic carbocycles. The number of hydrogen-bond acceptors (Lipinski definition) is 5. The molecule has 0 spiro atoms. The summed E-state index contributed by atoms with van der Waals surface area (Å²) < 4.78 is 8.81. The molecule has 0 unspecified atom stereocenters. The van der Waals surface area contributed by atoms with Crippen molar-refractivity contribution in [3.63, 3.8) is 0 Å². The summed E-state index contributed by atoms with van der Waals surface area (Å²) in [6.07, 6.45) is 0. The minimum Gasteiger partial charge on any atom is -0.436 e. The van der Waals surface area contributed by atoms with Crippen LogP contribution in [0.5, 0.6) is 0 Å². The van der Waals surface area contributed by atoms with E-state index in [0.717, 1.165) is 44.9 Å². The molecule has 3 aromatic heterocycles. The molecule has 10 rings (SSSR count). The molecule has 5 heteroatoms. The van der Waals surface area contributed by atoms with E-state index in [9.17, 15) is 0 Å². The summed E-state index contributed by atoms with van der Waals surface area (Å²) in [5.41, 5.74) is 10.5. The Morgan fingerprint density at radius 1 is 0.404 bits per heavy atom. The SMILES string of the molecule is c1ccc(-c2nc3ccc(-c4ccc(N(c5ccc(-c6cc7ccccc7s6)cc5)c5ccc(-c6cc7ccccc7s6)cc5)cc4)cc3o2)cc1. The zero-order chi connectivity index (χ0) is 34.4. The van der Waals surface area contributed by atoms with E-state index < -0.39 is 0 Å². The maximum Gasteiger partial charge on any atom is 0.227 e. The minimum atomic E-state index is 0.635. The predicted molar refractivity (Wildman–Crippen MR) is 221 cm³/mol. The average molecular weight is 703 g/mol. The number of nitrogens with zero attached hydrogens (tertiary/aromatic N) is 2. The smallest absolute Gasteiger partial charge is 0.227 e. The summed E-state index contributed by atoms with van der Waals surface area (Å²) in [6, 6.07) is 64.7. The fraction of sp³-hybridized carbons (Fsp3) is 0. The van der Waals surface area contributed by atoms with Gasteiger partial charge in [-0.25, -0.2) is 4.98 Å². The van der Waals surface area contributed by atoms with Gasteiger partial charge in [-0.3, -0.25) is 0 Å². The molecule has 52 heavy (non-hydrogen) atoms. The van der Waals surface area contributed by atoms with E-state index >= 15 is 0 Å². The quantitative estimate of drug-likeness (QED) is 0.166. The van der Waals surface area contributed by atoms with Crippen LogP contribution in [-0.2, 0) is 0 Å². The van der Waals surface area contributed by atoms with Crippen molar-refractivity contribution in [1.29, 1.82) is 0 Å². The van der Waals surface area contributed by atoms with Gasteiger partial charge in [0, 0.05) is 41.8 Å². The summed E-state index contributed by atoms with van der Waals surface area (Å²) in [5.74, 6) is 0.635. The van der Waals surface area contributed by atoms with Gasteiger partial charge in [0.15, 0.2) is 5.58 Å². The van der Waals surface area contributed by atoms with Crippen LogP contribution in [0.3, 0.4) is 0 Å². The number of rotatable bonds is 7. The van der Waals surface area contributed by atoms with E-state index in [1.807, 2.05) is 59.1 Å². The van der Waals surface area contributed by atoms with Crippen molar-refractivity contribution in [2.75, 3.05) is 4.90 Å². The highest BCUT2D eigenvalue weighted by atomic mass is 32.1. The van der Waals surface area contributed by atoms with E-state index in [1.165, 1.54) is 41.1 Å². The second kappa shape index (κ2) is 12.8. The van der Waals surface area contributed by atoms with Crippen molar-refractivity contribution in [3.05, 3.63) is 182 Å². The Bertz CT molecular complexity index is 2650. The van der Waals surface area contributed by atoms with Gasteiger partial charge < -0.3 is 9.32 Å². The van der Waals surface area contributed by atoms with Crippen molar-refractivity contribution < 1.29 is 4.42 Å². The predicted octanol–water partition coefficient (Wildman–Crippen LogP) is 14.4. The molecular formula is C47H30N2OS2. The molecule has 0 radical (unpaired) electrons. The van der Waals surface area contributed by atoms with E-state index in [0.29, 0.717) is 5.89 Å². The molecule has 0 saturated heterocycles. The number of hydrogen-bond donors (Lipinski definition) is 0. The van der Waals surface area contributed by atoms with Crippen molar-refractivity contribution in [2.24, 2.45) is 0 Å². The second-order valence-electron chi connectivity index (χ2n) is 12.8. The molecule has 0 N–H and O–H groups in total. The van der Waals surface area contributed by atoms with Gasteiger partial charge in [-0.15, -0.1) is 22.7 Å². The third kappa shape index (κ3) is 5.66. The van der Waals surface area contributed by atoms with Gasteiger partial charge in [0.05, 0.1) is 0 Å². The highest BCUT2D eigenvalue weighted by Crippen LogP contribution is 2.41. The average Bonchev–Trinajstić information content (AvgIpc) is 3.96. The lowest BCUT2D eigenvalue weighted by Crippen LogP contribution is -2.09. The largest absolute Gasteiger partial charge is 0.436 e. The lowest BCUT2D eigenvalue weighted by Gasteiger charge is -2.26. The maximum atomic E-state index is 6.19. The lowest BCUT2D eigenvalue weighted by molar-refractivity contribution is 0.620. The van der Waals surface area contributed by atoms with Crippen LogP contribution in [0.25, 0.3) is 74.7 Å². The Labute approximate surface area is 309 Å². The van der Waals surface area contributed by atoms with E-state index in [4.69, 9.17) is 9.40 Å². The van der Waals surface area contributed by atoms with Crippen LogP contribution < -0.4 is 4.90 Å². The summed E-state index contributed by atoms with van der Waals surface area (Å²) in [4.78, 5) is 9.60. The van der Waals surface area contributed by atoms with Gasteiger partial charge in [0.1, 0.15) is 5.52 Å². The van der Waals surface area contributed by atoms with Crippen LogP contribution >= 0.6 is 22.7 Å². The molecule has 0 aliphatic heterocycles. The molecule has 0 amide bonds. The highest BCUT2D eigenvalue weighted by Gasteiger charge is 2.16. The maximum absolute atomic E-state index is 6.19. The number of anilines is 3. The lowest BCUT2D eigenvalue weighted by atomic mass is 10.0. The molecule has 3 nitrogen and oxygen atoms in total.